The van der Waals surface area contributed by atoms with Gasteiger partial charge in [0, 0.05) is 32.3 Å². The van der Waals surface area contributed by atoms with E-state index in [1.807, 2.05) is 13.8 Å². The standard InChI is InChI=1S/C21H32ClN3O4/c1-13(2)28-10-8-25-7-6-17(18(12-25)27-3)24-21(26)15-11-16(22)19(23)14-5-4-9-29-20(14)15/h11,13,17-18H,4-10,12,23H2,1-3H3,(H,24,26). The van der Waals surface area contributed by atoms with Crippen LogP contribution in [0.25, 0.3) is 0 Å². The molecule has 1 aromatic rings. The van der Waals surface area contributed by atoms with Crippen LogP contribution in [0.1, 0.15) is 42.6 Å². The minimum atomic E-state index is -0.200. The van der Waals surface area contributed by atoms with Crippen LogP contribution in [0.5, 0.6) is 5.75 Å². The maximum atomic E-state index is 13.1. The molecule has 2 atom stereocenters. The fourth-order valence-electron chi connectivity index (χ4n) is 3.96. The molecule has 3 rings (SSSR count). The zero-order valence-corrected chi connectivity index (χ0v) is 18.3. The van der Waals surface area contributed by atoms with Crippen molar-refractivity contribution in [2.45, 2.75) is 51.4 Å². The van der Waals surface area contributed by atoms with Crippen molar-refractivity contribution in [2.24, 2.45) is 0 Å². The number of hydrogen-bond acceptors (Lipinski definition) is 6. The Kier molecular flexibility index (Phi) is 7.62. The highest BCUT2D eigenvalue weighted by atomic mass is 35.5. The van der Waals surface area contributed by atoms with Crippen molar-refractivity contribution in [3.8, 4) is 5.75 Å². The zero-order chi connectivity index (χ0) is 21.0. The van der Waals surface area contributed by atoms with Crippen molar-refractivity contribution in [3.63, 3.8) is 0 Å². The molecule has 1 fully saturated rings. The van der Waals surface area contributed by atoms with E-state index in [1.165, 1.54) is 0 Å². The SMILES string of the molecule is COC1CN(CCOC(C)C)CCC1NC(=O)c1cc(Cl)c(N)c2c1OCCC2. The topological polar surface area (TPSA) is 86.1 Å². The number of halogens is 1. The maximum Gasteiger partial charge on any atom is 0.255 e. The first-order valence-corrected chi connectivity index (χ1v) is 10.7. The van der Waals surface area contributed by atoms with Crippen molar-refractivity contribution in [1.29, 1.82) is 0 Å². The molecular weight excluding hydrogens is 394 g/mol. The van der Waals surface area contributed by atoms with Gasteiger partial charge in [0.05, 0.1) is 47.7 Å². The number of nitrogen functional groups attached to an aromatic ring is 1. The molecule has 2 aliphatic rings. The number of nitrogens with zero attached hydrogens (tertiary/aromatic N) is 1. The van der Waals surface area contributed by atoms with Crippen LogP contribution < -0.4 is 15.8 Å². The summed E-state index contributed by atoms with van der Waals surface area (Å²) in [4.78, 5) is 15.4. The van der Waals surface area contributed by atoms with Gasteiger partial charge in [0.2, 0.25) is 0 Å². The van der Waals surface area contributed by atoms with Crippen LogP contribution in [0, 0.1) is 0 Å². The number of hydrogen-bond donors (Lipinski definition) is 2. The maximum absolute atomic E-state index is 13.1. The molecule has 0 aliphatic carbocycles. The Hall–Kier alpha value is -1.54. The van der Waals surface area contributed by atoms with E-state index in [0.717, 1.165) is 44.5 Å². The predicted molar refractivity (Wildman–Crippen MR) is 114 cm³/mol. The van der Waals surface area contributed by atoms with Gasteiger partial charge in [0.15, 0.2) is 0 Å². The van der Waals surface area contributed by atoms with Gasteiger partial charge in [-0.3, -0.25) is 9.69 Å². The number of amides is 1. The van der Waals surface area contributed by atoms with Crippen LogP contribution in [0.15, 0.2) is 6.07 Å². The lowest BCUT2D eigenvalue weighted by Crippen LogP contribution is -2.55. The smallest absolute Gasteiger partial charge is 0.255 e. The molecule has 2 aliphatic heterocycles. The monoisotopic (exact) mass is 425 g/mol. The molecule has 2 unspecified atom stereocenters. The Labute approximate surface area is 177 Å². The highest BCUT2D eigenvalue weighted by Gasteiger charge is 2.32. The number of anilines is 1. The molecule has 1 aromatic carbocycles. The Morgan fingerprint density at radius 2 is 2.28 bits per heavy atom. The molecule has 0 spiro atoms. The van der Waals surface area contributed by atoms with Gasteiger partial charge in [-0.15, -0.1) is 0 Å². The first kappa shape index (κ1) is 22.2. The summed E-state index contributed by atoms with van der Waals surface area (Å²) >= 11 is 6.28. The Balaban J connectivity index is 1.66. The van der Waals surface area contributed by atoms with E-state index in [1.54, 1.807) is 13.2 Å². The molecule has 8 heteroatoms. The van der Waals surface area contributed by atoms with E-state index in [2.05, 4.69) is 10.2 Å². The van der Waals surface area contributed by atoms with Crippen LogP contribution in [-0.4, -0.2) is 69.0 Å². The Morgan fingerprint density at radius 1 is 1.48 bits per heavy atom. The van der Waals surface area contributed by atoms with Gasteiger partial charge in [-0.25, -0.2) is 0 Å². The number of fused-ring (bicyclic) bond motifs is 1. The third kappa shape index (κ3) is 5.34. The summed E-state index contributed by atoms with van der Waals surface area (Å²) in [5.41, 5.74) is 7.88. The first-order valence-electron chi connectivity index (χ1n) is 10.3. The Morgan fingerprint density at radius 3 is 3.00 bits per heavy atom. The lowest BCUT2D eigenvalue weighted by molar-refractivity contribution is -0.00855. The lowest BCUT2D eigenvalue weighted by atomic mass is 9.98. The fraction of sp³-hybridized carbons (Fsp3) is 0.667. The van der Waals surface area contributed by atoms with E-state index in [-0.39, 0.29) is 24.2 Å². The summed E-state index contributed by atoms with van der Waals surface area (Å²) in [5, 5.41) is 3.52. The minimum absolute atomic E-state index is 0.0784. The summed E-state index contributed by atoms with van der Waals surface area (Å²) in [6.45, 7) is 7.82. The minimum Gasteiger partial charge on any atom is -0.492 e. The van der Waals surface area contributed by atoms with Gasteiger partial charge in [0.1, 0.15) is 5.75 Å². The molecule has 7 nitrogen and oxygen atoms in total. The number of rotatable bonds is 7. The van der Waals surface area contributed by atoms with Crippen molar-refractivity contribution >= 4 is 23.2 Å². The number of nitrogens with two attached hydrogens (primary N) is 1. The highest BCUT2D eigenvalue weighted by molar-refractivity contribution is 6.33. The van der Waals surface area contributed by atoms with Crippen LogP contribution in [0.2, 0.25) is 5.02 Å². The molecule has 1 saturated heterocycles. The normalized spacial score (nSPS) is 22.2. The van der Waals surface area contributed by atoms with Gasteiger partial charge in [-0.1, -0.05) is 11.6 Å². The number of methoxy groups -OCH3 is 1. The van der Waals surface area contributed by atoms with Gasteiger partial charge in [0.25, 0.3) is 5.91 Å². The molecular formula is C21H32ClN3O4. The van der Waals surface area contributed by atoms with E-state index in [0.29, 0.717) is 35.2 Å². The molecule has 162 valence electrons. The average Bonchev–Trinajstić information content (AvgIpc) is 2.71. The van der Waals surface area contributed by atoms with E-state index in [4.69, 9.17) is 31.5 Å². The highest BCUT2D eigenvalue weighted by Crippen LogP contribution is 2.38. The quantitative estimate of drug-likeness (QED) is 0.653. The lowest BCUT2D eigenvalue weighted by Gasteiger charge is -2.38. The van der Waals surface area contributed by atoms with Crippen LogP contribution >= 0.6 is 11.6 Å². The molecule has 2 heterocycles. The molecule has 1 amide bonds. The van der Waals surface area contributed by atoms with Crippen LogP contribution in [-0.2, 0) is 15.9 Å². The second-order valence-corrected chi connectivity index (χ2v) is 8.35. The third-order valence-corrected chi connectivity index (χ3v) is 5.87. The van der Waals surface area contributed by atoms with Crippen molar-refractivity contribution in [3.05, 3.63) is 22.2 Å². The summed E-state index contributed by atoms with van der Waals surface area (Å²) in [6, 6.07) is 1.53. The molecule has 0 aromatic heterocycles. The predicted octanol–water partition coefficient (Wildman–Crippen LogP) is 2.49. The van der Waals surface area contributed by atoms with E-state index >= 15 is 0 Å². The van der Waals surface area contributed by atoms with Gasteiger partial charge in [-0.2, -0.15) is 0 Å². The molecule has 0 saturated carbocycles. The van der Waals surface area contributed by atoms with Gasteiger partial charge < -0.3 is 25.3 Å². The summed E-state index contributed by atoms with van der Waals surface area (Å²) in [7, 11) is 1.68. The zero-order valence-electron chi connectivity index (χ0n) is 17.5. The molecule has 29 heavy (non-hydrogen) atoms. The number of ether oxygens (including phenoxy) is 3. The summed E-state index contributed by atoms with van der Waals surface area (Å²) in [5.74, 6) is 0.363. The van der Waals surface area contributed by atoms with E-state index < -0.39 is 0 Å². The van der Waals surface area contributed by atoms with Crippen molar-refractivity contribution in [2.75, 3.05) is 45.7 Å². The summed E-state index contributed by atoms with van der Waals surface area (Å²) < 4.78 is 17.1. The largest absolute Gasteiger partial charge is 0.492 e. The summed E-state index contributed by atoms with van der Waals surface area (Å²) in [6.07, 6.45) is 2.57. The number of benzene rings is 1. The van der Waals surface area contributed by atoms with Crippen molar-refractivity contribution in [1.82, 2.24) is 10.2 Å². The molecule has 0 bridgehead atoms. The third-order valence-electron chi connectivity index (χ3n) is 5.56. The molecule has 3 N–H and O–H groups in total. The fourth-order valence-corrected chi connectivity index (χ4v) is 4.18. The van der Waals surface area contributed by atoms with Crippen molar-refractivity contribution < 1.29 is 19.0 Å². The van der Waals surface area contributed by atoms with Gasteiger partial charge in [-0.05, 0) is 39.2 Å². The number of piperidine rings is 1. The number of nitrogens with one attached hydrogen (secondary N) is 1. The number of likely N-dealkylation sites (tertiary alicyclic amines) is 1. The van der Waals surface area contributed by atoms with Crippen LogP contribution in [0.4, 0.5) is 5.69 Å². The second-order valence-electron chi connectivity index (χ2n) is 7.94. The van der Waals surface area contributed by atoms with Crippen LogP contribution in [0.3, 0.4) is 0 Å². The number of carbonyl (C=O) groups is 1. The molecule has 0 radical (unpaired) electrons. The van der Waals surface area contributed by atoms with Gasteiger partial charge >= 0.3 is 0 Å². The number of carbonyl (C=O) groups excluding carboxylic acids is 1. The first-order chi connectivity index (χ1) is 13.9. The van der Waals surface area contributed by atoms with E-state index in [9.17, 15) is 4.79 Å². The Bertz CT molecular complexity index is 728. The second kappa shape index (κ2) is 9.98. The average molecular weight is 426 g/mol.